The van der Waals surface area contributed by atoms with Crippen LogP contribution in [0.15, 0.2) is 35.3 Å². The van der Waals surface area contributed by atoms with E-state index in [4.69, 9.17) is 14.6 Å². The number of aromatic carboxylic acids is 1. The van der Waals surface area contributed by atoms with Gasteiger partial charge in [0.15, 0.2) is 5.43 Å². The van der Waals surface area contributed by atoms with E-state index >= 15 is 0 Å². The summed E-state index contributed by atoms with van der Waals surface area (Å²) < 4.78 is 15.2. The number of benzene rings is 1. The Morgan fingerprint density at radius 3 is 2.88 bits per heavy atom. The number of hydrogen-bond acceptors (Lipinski definition) is 5. The van der Waals surface area contributed by atoms with Gasteiger partial charge in [-0.05, 0) is 24.3 Å². The number of ether oxygens (including phenoxy) is 2. The van der Waals surface area contributed by atoms with Crippen molar-refractivity contribution < 1.29 is 19.4 Å². The number of hydrogen-bond donors (Lipinski definition) is 1. The number of fused-ring (bicyclic) bond motifs is 8. The van der Waals surface area contributed by atoms with E-state index in [2.05, 4.69) is 13.8 Å². The molecule has 8 heteroatoms. The van der Waals surface area contributed by atoms with Gasteiger partial charge in [-0.2, -0.15) is 5.10 Å². The van der Waals surface area contributed by atoms with Gasteiger partial charge in [-0.3, -0.25) is 9.48 Å². The first-order valence-electron chi connectivity index (χ1n) is 11.0. The van der Waals surface area contributed by atoms with Crippen LogP contribution in [0.25, 0.3) is 22.3 Å². The van der Waals surface area contributed by atoms with E-state index < -0.39 is 11.4 Å². The highest BCUT2D eigenvalue weighted by atomic mass is 16.5. The zero-order valence-electron chi connectivity index (χ0n) is 18.5. The second-order valence-electron chi connectivity index (χ2n) is 9.33. The summed E-state index contributed by atoms with van der Waals surface area (Å²) in [4.78, 5) is 24.4. The summed E-state index contributed by atoms with van der Waals surface area (Å²) in [5.41, 5.74) is 1.54. The number of carboxylic acids is 1. The van der Waals surface area contributed by atoms with Gasteiger partial charge in [0.25, 0.3) is 0 Å². The molecule has 1 aromatic carbocycles. The van der Waals surface area contributed by atoms with E-state index in [9.17, 15) is 14.7 Å². The van der Waals surface area contributed by atoms with Crippen LogP contribution < -0.4 is 10.2 Å². The molecule has 0 saturated heterocycles. The average molecular weight is 437 g/mol. The molecule has 1 N–H and O–H groups in total. The molecule has 2 aromatic heterocycles. The number of aromatic nitrogens is 3. The number of carboxylic acid groups (broad SMARTS) is 1. The monoisotopic (exact) mass is 437 g/mol. The van der Waals surface area contributed by atoms with E-state index in [-0.39, 0.29) is 23.1 Å². The van der Waals surface area contributed by atoms with E-state index in [1.807, 2.05) is 27.4 Å². The van der Waals surface area contributed by atoms with Gasteiger partial charge in [-0.15, -0.1) is 0 Å². The first-order chi connectivity index (χ1) is 15.3. The van der Waals surface area contributed by atoms with Gasteiger partial charge in [0.05, 0.1) is 30.1 Å². The van der Waals surface area contributed by atoms with Crippen LogP contribution in [0.3, 0.4) is 0 Å². The van der Waals surface area contributed by atoms with Crippen molar-refractivity contribution in [2.75, 3.05) is 20.3 Å². The van der Waals surface area contributed by atoms with Crippen LogP contribution in [-0.4, -0.2) is 45.7 Å². The number of carbonyl (C=O) groups is 1. The first kappa shape index (κ1) is 20.8. The third kappa shape index (κ3) is 3.04. The van der Waals surface area contributed by atoms with Crippen molar-refractivity contribution in [3.63, 3.8) is 0 Å². The molecule has 1 aliphatic heterocycles. The Labute approximate surface area is 185 Å². The molecule has 168 valence electrons. The van der Waals surface area contributed by atoms with Crippen molar-refractivity contribution >= 4 is 16.9 Å². The highest BCUT2D eigenvalue weighted by Crippen LogP contribution is 2.56. The van der Waals surface area contributed by atoms with E-state index in [1.165, 1.54) is 12.3 Å². The molecular formula is C24H27N3O5. The molecule has 1 saturated carbocycles. The molecule has 1 aliphatic carbocycles. The lowest BCUT2D eigenvalue weighted by Crippen LogP contribution is -2.35. The summed E-state index contributed by atoms with van der Waals surface area (Å²) in [5, 5.41) is 15.4. The summed E-state index contributed by atoms with van der Waals surface area (Å²) in [6.45, 7) is 5.53. The Morgan fingerprint density at radius 2 is 2.12 bits per heavy atom. The molecule has 3 aromatic rings. The maximum Gasteiger partial charge on any atom is 0.341 e. The summed E-state index contributed by atoms with van der Waals surface area (Å²) in [6, 6.07) is 7.35. The Kier molecular flexibility index (Phi) is 4.85. The van der Waals surface area contributed by atoms with Crippen molar-refractivity contribution in [1.29, 1.82) is 0 Å². The number of rotatable bonds is 6. The molecule has 0 amide bonds. The van der Waals surface area contributed by atoms with Crippen molar-refractivity contribution in [2.45, 2.75) is 45.2 Å². The first-order valence-corrected chi connectivity index (χ1v) is 11.0. The SMILES string of the molecule is COCCCOc1cccc2c3n(nc12)C1CCC(C)(C)C1n1cc(C(=O)O)c(=O)cc1-3. The fourth-order valence-electron chi connectivity index (χ4n) is 5.39. The zero-order chi connectivity index (χ0) is 22.6. The molecule has 32 heavy (non-hydrogen) atoms. The predicted octanol–water partition coefficient (Wildman–Crippen LogP) is 3.89. The molecule has 0 spiro atoms. The normalized spacial score (nSPS) is 20.6. The fraction of sp³-hybridized carbons (Fsp3) is 0.458. The maximum absolute atomic E-state index is 12.7. The summed E-state index contributed by atoms with van der Waals surface area (Å²) in [6.07, 6.45) is 4.21. The van der Waals surface area contributed by atoms with Crippen LogP contribution in [0.4, 0.5) is 0 Å². The van der Waals surface area contributed by atoms with Crippen LogP contribution in [0.2, 0.25) is 0 Å². The lowest BCUT2D eigenvalue weighted by atomic mass is 9.84. The largest absolute Gasteiger partial charge is 0.491 e. The fourth-order valence-corrected chi connectivity index (χ4v) is 5.39. The molecule has 2 aliphatic rings. The van der Waals surface area contributed by atoms with Gasteiger partial charge < -0.3 is 19.1 Å². The minimum atomic E-state index is -1.20. The van der Waals surface area contributed by atoms with Crippen molar-refractivity contribution in [3.8, 4) is 17.1 Å². The summed E-state index contributed by atoms with van der Waals surface area (Å²) >= 11 is 0. The second kappa shape index (κ2) is 7.48. The molecule has 0 radical (unpaired) electrons. The summed E-state index contributed by atoms with van der Waals surface area (Å²) in [7, 11) is 1.67. The van der Waals surface area contributed by atoms with Crippen molar-refractivity contribution in [2.24, 2.45) is 5.41 Å². The zero-order valence-corrected chi connectivity index (χ0v) is 18.5. The molecule has 8 nitrogen and oxygen atoms in total. The lowest BCUT2D eigenvalue weighted by Gasteiger charge is -2.39. The quantitative estimate of drug-likeness (QED) is 0.588. The van der Waals surface area contributed by atoms with Crippen molar-refractivity contribution in [3.05, 3.63) is 46.2 Å². The molecule has 0 bridgehead atoms. The Balaban J connectivity index is 1.72. The number of nitrogens with zero attached hydrogens (tertiary/aromatic N) is 3. The van der Waals surface area contributed by atoms with Gasteiger partial charge in [0, 0.05) is 37.8 Å². The van der Waals surface area contributed by atoms with Gasteiger partial charge in [-0.25, -0.2) is 4.79 Å². The minimum Gasteiger partial charge on any atom is -0.491 e. The predicted molar refractivity (Wildman–Crippen MR) is 119 cm³/mol. The Hall–Kier alpha value is -3.13. The van der Waals surface area contributed by atoms with E-state index in [1.54, 1.807) is 7.11 Å². The van der Waals surface area contributed by atoms with Crippen LogP contribution >= 0.6 is 0 Å². The molecule has 1 fully saturated rings. The lowest BCUT2D eigenvalue weighted by molar-refractivity contribution is 0.0693. The van der Waals surface area contributed by atoms with E-state index in [0.29, 0.717) is 24.7 Å². The Bertz CT molecular complexity index is 1270. The van der Waals surface area contributed by atoms with Gasteiger partial charge in [0.1, 0.15) is 16.8 Å². The Morgan fingerprint density at radius 1 is 1.31 bits per heavy atom. The standard InChI is InChI=1S/C24H27N3O5/c1-24(2)9-8-16-22(24)26-13-15(23(29)30)18(28)12-17(26)21-14-6-4-7-19(20(14)25-27(16)21)32-11-5-10-31-3/h4,6-7,12-13,16,22H,5,8-11H2,1-3H3,(H,29,30). The van der Waals surface area contributed by atoms with E-state index in [0.717, 1.165) is 35.9 Å². The van der Waals surface area contributed by atoms with Crippen molar-refractivity contribution in [1.82, 2.24) is 14.3 Å². The highest BCUT2D eigenvalue weighted by Gasteiger charge is 2.48. The van der Waals surface area contributed by atoms with Crippen LogP contribution in [0.1, 0.15) is 55.6 Å². The van der Waals surface area contributed by atoms with Crippen LogP contribution in [0.5, 0.6) is 5.75 Å². The number of pyridine rings is 1. The third-order valence-electron chi connectivity index (χ3n) is 6.86. The molecule has 2 atom stereocenters. The molecule has 2 unspecified atom stereocenters. The minimum absolute atomic E-state index is 0.00378. The number of methoxy groups -OCH3 is 1. The molecule has 3 heterocycles. The van der Waals surface area contributed by atoms with Crippen LogP contribution in [0, 0.1) is 5.41 Å². The smallest absolute Gasteiger partial charge is 0.341 e. The second-order valence-corrected chi connectivity index (χ2v) is 9.33. The third-order valence-corrected chi connectivity index (χ3v) is 6.86. The van der Waals surface area contributed by atoms with Gasteiger partial charge in [-0.1, -0.05) is 26.0 Å². The van der Waals surface area contributed by atoms with Gasteiger partial charge in [0.2, 0.25) is 0 Å². The topological polar surface area (TPSA) is 95.6 Å². The average Bonchev–Trinajstić information content (AvgIpc) is 3.29. The van der Waals surface area contributed by atoms with Crippen LogP contribution in [-0.2, 0) is 4.74 Å². The van der Waals surface area contributed by atoms with Gasteiger partial charge >= 0.3 is 5.97 Å². The molecular weight excluding hydrogens is 410 g/mol. The maximum atomic E-state index is 12.7. The summed E-state index contributed by atoms with van der Waals surface area (Å²) in [5.74, 6) is -0.501. The molecule has 5 rings (SSSR count). The highest BCUT2D eigenvalue weighted by molar-refractivity contribution is 5.97.